The SMILES string of the molecule is CCOc1ccc(N)cc1S(=O)(=O)NC1(C)CCOC1. The normalized spacial score (nSPS) is 22.9. The molecular formula is C13H20N2O4S. The first-order chi connectivity index (χ1) is 9.36. The van der Waals surface area contributed by atoms with E-state index in [1.165, 1.54) is 6.07 Å². The summed E-state index contributed by atoms with van der Waals surface area (Å²) >= 11 is 0. The van der Waals surface area contributed by atoms with Gasteiger partial charge >= 0.3 is 0 Å². The molecule has 2 rings (SSSR count). The summed E-state index contributed by atoms with van der Waals surface area (Å²) < 4.78 is 38.4. The lowest BCUT2D eigenvalue weighted by Crippen LogP contribution is -2.46. The maximum absolute atomic E-state index is 12.5. The van der Waals surface area contributed by atoms with Crippen LogP contribution >= 0.6 is 0 Å². The second-order valence-electron chi connectivity index (χ2n) is 5.11. The summed E-state index contributed by atoms with van der Waals surface area (Å²) in [4.78, 5) is 0.0625. The van der Waals surface area contributed by atoms with Gasteiger partial charge in [-0.25, -0.2) is 13.1 Å². The van der Waals surface area contributed by atoms with E-state index in [4.69, 9.17) is 15.2 Å². The van der Waals surface area contributed by atoms with Crippen LogP contribution in [0, 0.1) is 0 Å². The molecule has 20 heavy (non-hydrogen) atoms. The lowest BCUT2D eigenvalue weighted by Gasteiger charge is -2.24. The van der Waals surface area contributed by atoms with E-state index >= 15 is 0 Å². The van der Waals surface area contributed by atoms with Gasteiger partial charge in [0.05, 0.1) is 18.8 Å². The Balaban J connectivity index is 2.35. The third-order valence-electron chi connectivity index (χ3n) is 3.16. The Morgan fingerprint density at radius 2 is 2.25 bits per heavy atom. The van der Waals surface area contributed by atoms with Crippen LogP contribution in [-0.2, 0) is 14.8 Å². The molecule has 1 heterocycles. The fourth-order valence-corrected chi connectivity index (χ4v) is 3.74. The standard InChI is InChI=1S/C13H20N2O4S/c1-3-19-11-5-4-10(14)8-12(11)20(16,17)15-13(2)6-7-18-9-13/h4-5,8,15H,3,6-7,9,14H2,1-2H3. The van der Waals surface area contributed by atoms with Crippen LogP contribution in [0.15, 0.2) is 23.1 Å². The van der Waals surface area contributed by atoms with Crippen molar-refractivity contribution in [2.24, 2.45) is 0 Å². The monoisotopic (exact) mass is 300 g/mol. The van der Waals surface area contributed by atoms with Crippen LogP contribution in [0.25, 0.3) is 0 Å². The van der Waals surface area contributed by atoms with Crippen molar-refractivity contribution in [3.63, 3.8) is 0 Å². The smallest absolute Gasteiger partial charge is 0.244 e. The molecule has 1 aliphatic rings. The number of ether oxygens (including phenoxy) is 2. The van der Waals surface area contributed by atoms with E-state index < -0.39 is 15.6 Å². The number of nitrogens with one attached hydrogen (secondary N) is 1. The first kappa shape index (κ1) is 15.1. The molecule has 1 aliphatic heterocycles. The first-order valence-corrected chi connectivity index (χ1v) is 7.99. The van der Waals surface area contributed by atoms with Crippen LogP contribution in [0.2, 0.25) is 0 Å². The summed E-state index contributed by atoms with van der Waals surface area (Å²) in [6.07, 6.45) is 0.637. The van der Waals surface area contributed by atoms with Gasteiger partial charge in [-0.05, 0) is 38.5 Å². The predicted molar refractivity (Wildman–Crippen MR) is 76.2 cm³/mol. The molecule has 1 atom stereocenters. The molecule has 0 spiro atoms. The van der Waals surface area contributed by atoms with E-state index in [1.54, 1.807) is 19.1 Å². The Hall–Kier alpha value is -1.31. The highest BCUT2D eigenvalue weighted by molar-refractivity contribution is 7.89. The largest absolute Gasteiger partial charge is 0.492 e. The van der Waals surface area contributed by atoms with E-state index in [0.29, 0.717) is 37.7 Å². The predicted octanol–water partition coefficient (Wildman–Crippen LogP) is 1.12. The molecule has 1 aromatic rings. The fraction of sp³-hybridized carbons (Fsp3) is 0.538. The number of hydrogen-bond donors (Lipinski definition) is 2. The van der Waals surface area contributed by atoms with Crippen molar-refractivity contribution in [1.82, 2.24) is 4.72 Å². The van der Waals surface area contributed by atoms with E-state index in [-0.39, 0.29) is 4.90 Å². The molecule has 0 radical (unpaired) electrons. The van der Waals surface area contributed by atoms with E-state index in [1.807, 2.05) is 6.92 Å². The average molecular weight is 300 g/mol. The molecule has 0 bridgehead atoms. The zero-order valence-electron chi connectivity index (χ0n) is 11.7. The molecule has 0 saturated carbocycles. The zero-order chi connectivity index (χ0) is 14.8. The highest BCUT2D eigenvalue weighted by Crippen LogP contribution is 2.28. The van der Waals surface area contributed by atoms with Gasteiger partial charge in [0.2, 0.25) is 10.0 Å². The molecule has 1 fully saturated rings. The number of nitrogens with two attached hydrogens (primary N) is 1. The van der Waals surface area contributed by atoms with Crippen molar-refractivity contribution in [3.05, 3.63) is 18.2 Å². The van der Waals surface area contributed by atoms with Crippen molar-refractivity contribution in [2.45, 2.75) is 30.7 Å². The number of hydrogen-bond acceptors (Lipinski definition) is 5. The fourth-order valence-electron chi connectivity index (χ4n) is 2.14. The maximum Gasteiger partial charge on any atom is 0.244 e. The summed E-state index contributed by atoms with van der Waals surface area (Å²) in [7, 11) is -3.71. The number of benzene rings is 1. The molecule has 6 nitrogen and oxygen atoms in total. The molecule has 0 aromatic heterocycles. The Kier molecular flexibility index (Phi) is 4.22. The number of rotatable bonds is 5. The summed E-state index contributed by atoms with van der Waals surface area (Å²) in [5.74, 6) is 0.303. The van der Waals surface area contributed by atoms with Crippen LogP contribution in [0.5, 0.6) is 5.75 Å². The molecule has 0 amide bonds. The molecule has 0 aliphatic carbocycles. The average Bonchev–Trinajstić information content (AvgIpc) is 2.77. The third-order valence-corrected chi connectivity index (χ3v) is 4.82. The van der Waals surface area contributed by atoms with Crippen molar-refractivity contribution in [3.8, 4) is 5.75 Å². The topological polar surface area (TPSA) is 90.7 Å². The highest BCUT2D eigenvalue weighted by atomic mass is 32.2. The van der Waals surface area contributed by atoms with Crippen LogP contribution in [-0.4, -0.2) is 33.8 Å². The summed E-state index contributed by atoms with van der Waals surface area (Å²) in [5, 5.41) is 0. The quantitative estimate of drug-likeness (QED) is 0.795. The van der Waals surface area contributed by atoms with Gasteiger partial charge in [0.15, 0.2) is 0 Å². The summed E-state index contributed by atoms with van der Waals surface area (Å²) in [6.45, 7) is 4.91. The molecule has 3 N–H and O–H groups in total. The molecular weight excluding hydrogens is 280 g/mol. The van der Waals surface area contributed by atoms with Crippen molar-refractivity contribution in [2.75, 3.05) is 25.6 Å². The van der Waals surface area contributed by atoms with Gasteiger partial charge in [0.25, 0.3) is 0 Å². The van der Waals surface area contributed by atoms with Gasteiger partial charge in [-0.15, -0.1) is 0 Å². The molecule has 112 valence electrons. The van der Waals surface area contributed by atoms with Crippen molar-refractivity contribution in [1.29, 1.82) is 0 Å². The summed E-state index contributed by atoms with van der Waals surface area (Å²) in [5.41, 5.74) is 5.48. The van der Waals surface area contributed by atoms with Gasteiger partial charge in [-0.2, -0.15) is 0 Å². The zero-order valence-corrected chi connectivity index (χ0v) is 12.5. The number of nitrogen functional groups attached to an aromatic ring is 1. The number of sulfonamides is 1. The van der Waals surface area contributed by atoms with Gasteiger partial charge in [-0.1, -0.05) is 0 Å². The minimum absolute atomic E-state index is 0.0625. The lowest BCUT2D eigenvalue weighted by atomic mass is 10.0. The molecule has 1 aromatic carbocycles. The Bertz CT molecular complexity index is 580. The van der Waals surface area contributed by atoms with E-state index in [0.717, 1.165) is 0 Å². The Morgan fingerprint density at radius 1 is 1.50 bits per heavy atom. The van der Waals surface area contributed by atoms with Crippen molar-refractivity contribution < 1.29 is 17.9 Å². The molecule has 7 heteroatoms. The van der Waals surface area contributed by atoms with Crippen LogP contribution in [0.1, 0.15) is 20.3 Å². The van der Waals surface area contributed by atoms with Crippen molar-refractivity contribution >= 4 is 15.7 Å². The van der Waals surface area contributed by atoms with Crippen LogP contribution < -0.4 is 15.2 Å². The highest BCUT2D eigenvalue weighted by Gasteiger charge is 2.35. The summed E-state index contributed by atoms with van der Waals surface area (Å²) in [6, 6.07) is 4.60. The first-order valence-electron chi connectivity index (χ1n) is 6.50. The van der Waals surface area contributed by atoms with Gasteiger partial charge in [-0.3, -0.25) is 0 Å². The second-order valence-corrected chi connectivity index (χ2v) is 6.76. The number of anilines is 1. The van der Waals surface area contributed by atoms with Gasteiger partial charge in [0.1, 0.15) is 10.6 Å². The van der Waals surface area contributed by atoms with Gasteiger partial charge < -0.3 is 15.2 Å². The minimum atomic E-state index is -3.71. The maximum atomic E-state index is 12.5. The second kappa shape index (κ2) is 5.59. The molecule has 1 saturated heterocycles. The Morgan fingerprint density at radius 3 is 2.85 bits per heavy atom. The van der Waals surface area contributed by atoms with Crippen LogP contribution in [0.3, 0.4) is 0 Å². The Labute approximate surface area is 119 Å². The third kappa shape index (κ3) is 3.23. The lowest BCUT2D eigenvalue weighted by molar-refractivity contribution is 0.178. The van der Waals surface area contributed by atoms with E-state index in [9.17, 15) is 8.42 Å². The van der Waals surface area contributed by atoms with Crippen LogP contribution in [0.4, 0.5) is 5.69 Å². The molecule has 1 unspecified atom stereocenters. The minimum Gasteiger partial charge on any atom is -0.492 e. The van der Waals surface area contributed by atoms with E-state index in [2.05, 4.69) is 4.72 Å². The van der Waals surface area contributed by atoms with Gasteiger partial charge in [0, 0.05) is 12.3 Å².